The van der Waals surface area contributed by atoms with Crippen molar-refractivity contribution >= 4 is 18.3 Å². The number of ether oxygens (including phenoxy) is 2. The molecule has 1 aromatic rings. The fraction of sp³-hybridized carbons (Fsp3) is 0.417. The van der Waals surface area contributed by atoms with E-state index in [0.717, 1.165) is 11.3 Å². The molecule has 0 fully saturated rings. The molecule has 102 valence electrons. The van der Waals surface area contributed by atoms with Crippen molar-refractivity contribution in [1.29, 1.82) is 0 Å². The lowest BCUT2D eigenvalue weighted by molar-refractivity contribution is -0.123. The Morgan fingerprint density at radius 3 is 2.44 bits per heavy atom. The molecule has 0 aliphatic heterocycles. The smallest absolute Gasteiger partial charge is 0.239 e. The zero-order chi connectivity index (χ0) is 12.7. The summed E-state index contributed by atoms with van der Waals surface area (Å²) < 4.78 is 9.85. The number of hydrogen-bond acceptors (Lipinski definition) is 4. The molecule has 1 unspecified atom stereocenters. The Morgan fingerprint density at radius 2 is 1.94 bits per heavy atom. The van der Waals surface area contributed by atoms with Crippen LogP contribution in [0.15, 0.2) is 24.3 Å². The third-order valence-electron chi connectivity index (χ3n) is 2.31. The number of halogens is 1. The number of benzene rings is 1. The summed E-state index contributed by atoms with van der Waals surface area (Å²) >= 11 is 0. The zero-order valence-corrected chi connectivity index (χ0v) is 11.3. The van der Waals surface area contributed by atoms with E-state index in [0.29, 0.717) is 6.54 Å². The quantitative estimate of drug-likeness (QED) is 0.801. The summed E-state index contributed by atoms with van der Waals surface area (Å²) in [6.07, 6.45) is 0. The Bertz CT molecular complexity index is 357. The molecule has 0 radical (unpaired) electrons. The first-order valence-electron chi connectivity index (χ1n) is 5.32. The molecule has 5 nitrogen and oxygen atoms in total. The summed E-state index contributed by atoms with van der Waals surface area (Å²) in [7, 11) is 3.12. The molecule has 1 atom stereocenters. The number of amides is 1. The Hall–Kier alpha value is -1.30. The van der Waals surface area contributed by atoms with Crippen molar-refractivity contribution < 1.29 is 14.3 Å². The van der Waals surface area contributed by atoms with Crippen LogP contribution in [0.25, 0.3) is 0 Å². The minimum absolute atomic E-state index is 0. The molecule has 0 spiro atoms. The van der Waals surface area contributed by atoms with Crippen LogP contribution in [0.5, 0.6) is 5.75 Å². The minimum Gasteiger partial charge on any atom is -0.497 e. The van der Waals surface area contributed by atoms with Gasteiger partial charge >= 0.3 is 0 Å². The van der Waals surface area contributed by atoms with Gasteiger partial charge in [-0.2, -0.15) is 0 Å². The third-order valence-corrected chi connectivity index (χ3v) is 2.31. The van der Waals surface area contributed by atoms with Crippen molar-refractivity contribution in [3.05, 3.63) is 29.8 Å². The second-order valence-electron chi connectivity index (χ2n) is 3.63. The average molecular weight is 275 g/mol. The summed E-state index contributed by atoms with van der Waals surface area (Å²) in [6.45, 7) is 0.661. The Balaban J connectivity index is 0.00000289. The summed E-state index contributed by atoms with van der Waals surface area (Å²) in [5.74, 6) is 0.568. The van der Waals surface area contributed by atoms with E-state index in [1.165, 1.54) is 7.11 Å². The summed E-state index contributed by atoms with van der Waals surface area (Å²) in [4.78, 5) is 11.5. The van der Waals surface area contributed by atoms with Gasteiger partial charge in [-0.1, -0.05) is 12.1 Å². The highest BCUT2D eigenvalue weighted by Gasteiger charge is 2.11. The molecular weight excluding hydrogens is 256 g/mol. The second-order valence-corrected chi connectivity index (χ2v) is 3.63. The summed E-state index contributed by atoms with van der Waals surface area (Å²) in [5.41, 5.74) is 6.57. The van der Waals surface area contributed by atoms with Crippen LogP contribution in [0.2, 0.25) is 0 Å². The van der Waals surface area contributed by atoms with Crippen LogP contribution in [0.3, 0.4) is 0 Å². The molecule has 0 saturated carbocycles. The lowest BCUT2D eigenvalue weighted by Gasteiger charge is -2.11. The maximum absolute atomic E-state index is 11.5. The molecule has 1 amide bonds. The predicted molar refractivity (Wildman–Crippen MR) is 71.9 cm³/mol. The number of carbonyl (C=O) groups is 1. The van der Waals surface area contributed by atoms with E-state index in [-0.39, 0.29) is 24.9 Å². The number of carbonyl (C=O) groups excluding carboxylic acids is 1. The first kappa shape index (κ1) is 16.7. The molecule has 0 aliphatic carbocycles. The van der Waals surface area contributed by atoms with E-state index in [1.807, 2.05) is 24.3 Å². The molecule has 18 heavy (non-hydrogen) atoms. The molecule has 1 aromatic carbocycles. The average Bonchev–Trinajstić information content (AvgIpc) is 2.36. The van der Waals surface area contributed by atoms with Crippen LogP contribution in [-0.2, 0) is 16.1 Å². The lowest BCUT2D eigenvalue weighted by Crippen LogP contribution is -2.43. The SMILES string of the molecule is COCC(N)C(=O)NCc1ccc(OC)cc1.Cl. The predicted octanol–water partition coefficient (Wildman–Crippen LogP) is 0.707. The topological polar surface area (TPSA) is 73.6 Å². The molecule has 1 rings (SSSR count). The van der Waals surface area contributed by atoms with Crippen molar-refractivity contribution in [3.8, 4) is 5.75 Å². The van der Waals surface area contributed by atoms with Crippen molar-refractivity contribution in [1.82, 2.24) is 5.32 Å². The fourth-order valence-corrected chi connectivity index (χ4v) is 1.32. The number of hydrogen-bond donors (Lipinski definition) is 2. The molecule has 0 heterocycles. The van der Waals surface area contributed by atoms with Gasteiger partial charge in [0.25, 0.3) is 0 Å². The largest absolute Gasteiger partial charge is 0.497 e. The van der Waals surface area contributed by atoms with E-state index in [4.69, 9.17) is 15.2 Å². The highest BCUT2D eigenvalue weighted by molar-refractivity contribution is 5.85. The second kappa shape index (κ2) is 8.74. The maximum Gasteiger partial charge on any atom is 0.239 e. The molecule has 0 aliphatic rings. The van der Waals surface area contributed by atoms with Gasteiger partial charge in [0.15, 0.2) is 0 Å². The Morgan fingerprint density at radius 1 is 1.33 bits per heavy atom. The van der Waals surface area contributed by atoms with Crippen LogP contribution in [0.4, 0.5) is 0 Å². The van der Waals surface area contributed by atoms with E-state index in [1.54, 1.807) is 7.11 Å². The Labute approximate surface area is 113 Å². The van der Waals surface area contributed by atoms with Crippen molar-refractivity contribution in [2.75, 3.05) is 20.8 Å². The van der Waals surface area contributed by atoms with Gasteiger partial charge in [0.05, 0.1) is 13.7 Å². The minimum atomic E-state index is -0.627. The van der Waals surface area contributed by atoms with E-state index < -0.39 is 6.04 Å². The zero-order valence-electron chi connectivity index (χ0n) is 10.5. The highest BCUT2D eigenvalue weighted by Crippen LogP contribution is 2.10. The maximum atomic E-state index is 11.5. The van der Waals surface area contributed by atoms with Gasteiger partial charge in [-0.25, -0.2) is 0 Å². The third kappa shape index (κ3) is 5.35. The van der Waals surface area contributed by atoms with Crippen molar-refractivity contribution in [3.63, 3.8) is 0 Å². The fourth-order valence-electron chi connectivity index (χ4n) is 1.32. The number of nitrogens with one attached hydrogen (secondary N) is 1. The molecule has 0 saturated heterocycles. The van der Waals surface area contributed by atoms with Gasteiger partial charge < -0.3 is 20.5 Å². The lowest BCUT2D eigenvalue weighted by atomic mass is 10.2. The number of methoxy groups -OCH3 is 2. The van der Waals surface area contributed by atoms with Crippen LogP contribution in [0.1, 0.15) is 5.56 Å². The van der Waals surface area contributed by atoms with Gasteiger partial charge in [0, 0.05) is 13.7 Å². The van der Waals surface area contributed by atoms with Gasteiger partial charge in [0.1, 0.15) is 11.8 Å². The first-order chi connectivity index (χ1) is 8.17. The van der Waals surface area contributed by atoms with Gasteiger partial charge in [-0.3, -0.25) is 4.79 Å². The molecule has 0 aromatic heterocycles. The Kier molecular flexibility index (Phi) is 8.11. The first-order valence-corrected chi connectivity index (χ1v) is 5.32. The van der Waals surface area contributed by atoms with Gasteiger partial charge in [-0.15, -0.1) is 12.4 Å². The standard InChI is InChI=1S/C12H18N2O3.ClH/c1-16-8-11(13)12(15)14-7-9-3-5-10(17-2)6-4-9;/h3-6,11H,7-8,13H2,1-2H3,(H,14,15);1H. The summed E-state index contributed by atoms with van der Waals surface area (Å²) in [6, 6.07) is 6.84. The van der Waals surface area contributed by atoms with Crippen LogP contribution in [-0.4, -0.2) is 32.8 Å². The molecule has 3 N–H and O–H groups in total. The van der Waals surface area contributed by atoms with E-state index >= 15 is 0 Å². The number of nitrogens with two attached hydrogens (primary N) is 1. The van der Waals surface area contributed by atoms with Gasteiger partial charge in [0.2, 0.25) is 5.91 Å². The normalized spacial score (nSPS) is 11.3. The highest BCUT2D eigenvalue weighted by atomic mass is 35.5. The van der Waals surface area contributed by atoms with E-state index in [9.17, 15) is 4.79 Å². The molecule has 0 bridgehead atoms. The van der Waals surface area contributed by atoms with Crippen molar-refractivity contribution in [2.45, 2.75) is 12.6 Å². The van der Waals surface area contributed by atoms with E-state index in [2.05, 4.69) is 5.32 Å². The van der Waals surface area contributed by atoms with Crippen LogP contribution < -0.4 is 15.8 Å². The molecular formula is C12H19ClN2O3. The van der Waals surface area contributed by atoms with Crippen molar-refractivity contribution in [2.24, 2.45) is 5.73 Å². The monoisotopic (exact) mass is 274 g/mol. The molecule has 6 heteroatoms. The van der Waals surface area contributed by atoms with Gasteiger partial charge in [-0.05, 0) is 17.7 Å². The van der Waals surface area contributed by atoms with Crippen LogP contribution in [0, 0.1) is 0 Å². The summed E-state index contributed by atoms with van der Waals surface area (Å²) in [5, 5.41) is 2.74. The number of rotatable bonds is 6. The van der Waals surface area contributed by atoms with Crippen LogP contribution >= 0.6 is 12.4 Å².